The number of ether oxygens (including phenoxy) is 2. The van der Waals surface area contributed by atoms with Crippen LogP contribution < -0.4 is 10.1 Å². The molecule has 0 bridgehead atoms. The average Bonchev–Trinajstić information content (AvgIpc) is 3.44. The summed E-state index contributed by atoms with van der Waals surface area (Å²) in [6, 6.07) is 4.74. The maximum Gasteiger partial charge on any atom is 0.410 e. The molecule has 6 heteroatoms. The van der Waals surface area contributed by atoms with E-state index in [1.165, 1.54) is 18.9 Å². The highest BCUT2D eigenvalue weighted by atomic mass is 19.1. The van der Waals surface area contributed by atoms with Crippen molar-refractivity contribution >= 4 is 6.09 Å². The molecule has 1 N–H and O–H groups in total. The van der Waals surface area contributed by atoms with E-state index in [2.05, 4.69) is 5.32 Å². The van der Waals surface area contributed by atoms with Crippen LogP contribution in [-0.4, -0.2) is 42.8 Å². The van der Waals surface area contributed by atoms with Crippen molar-refractivity contribution in [3.8, 4) is 5.75 Å². The highest BCUT2D eigenvalue weighted by Gasteiger charge is 2.27. The summed E-state index contributed by atoms with van der Waals surface area (Å²) in [7, 11) is 0. The minimum absolute atomic E-state index is 0.226. The highest BCUT2D eigenvalue weighted by molar-refractivity contribution is 5.68. The summed E-state index contributed by atoms with van der Waals surface area (Å²) < 4.78 is 25.0. The topological polar surface area (TPSA) is 50.8 Å². The van der Waals surface area contributed by atoms with Gasteiger partial charge in [0.1, 0.15) is 17.2 Å². The lowest BCUT2D eigenvalue weighted by molar-refractivity contribution is 0.0184. The average molecular weight is 393 g/mol. The molecule has 1 aromatic rings. The van der Waals surface area contributed by atoms with Crippen molar-refractivity contribution in [1.29, 1.82) is 0 Å². The lowest BCUT2D eigenvalue weighted by Gasteiger charge is -2.33. The van der Waals surface area contributed by atoms with Crippen molar-refractivity contribution in [3.63, 3.8) is 0 Å². The van der Waals surface area contributed by atoms with Crippen LogP contribution in [0.15, 0.2) is 18.2 Å². The maximum atomic E-state index is 13.6. The SMILES string of the molecule is CC(C)(C)OC(=O)N1CCC(CNCc2cc(F)ccc2OCC2CC2)CC1. The fourth-order valence-electron chi connectivity index (χ4n) is 3.38. The number of rotatable bonds is 7. The lowest BCUT2D eigenvalue weighted by Crippen LogP contribution is -2.43. The lowest BCUT2D eigenvalue weighted by atomic mass is 9.97. The van der Waals surface area contributed by atoms with Crippen molar-refractivity contribution in [2.45, 2.75) is 58.6 Å². The summed E-state index contributed by atoms with van der Waals surface area (Å²) in [6.45, 7) is 9.25. The smallest absolute Gasteiger partial charge is 0.410 e. The number of nitrogens with one attached hydrogen (secondary N) is 1. The first kappa shape index (κ1) is 20.9. The molecule has 1 aliphatic carbocycles. The number of nitrogens with zero attached hydrogens (tertiary/aromatic N) is 1. The van der Waals surface area contributed by atoms with E-state index in [0.29, 0.717) is 18.4 Å². The molecule has 1 aliphatic heterocycles. The van der Waals surface area contributed by atoms with Crippen LogP contribution in [0.4, 0.5) is 9.18 Å². The minimum atomic E-state index is -0.459. The van der Waals surface area contributed by atoms with Crippen LogP contribution in [0.3, 0.4) is 0 Å². The first-order valence-electron chi connectivity index (χ1n) is 10.4. The monoisotopic (exact) mass is 392 g/mol. The summed E-state index contributed by atoms with van der Waals surface area (Å²) in [5, 5.41) is 3.44. The van der Waals surface area contributed by atoms with Crippen molar-refractivity contribution in [2.75, 3.05) is 26.2 Å². The zero-order chi connectivity index (χ0) is 20.1. The molecule has 1 saturated heterocycles. The third-order valence-corrected chi connectivity index (χ3v) is 5.21. The van der Waals surface area contributed by atoms with E-state index in [0.717, 1.165) is 50.4 Å². The van der Waals surface area contributed by atoms with Crippen molar-refractivity contribution in [1.82, 2.24) is 10.2 Å². The van der Waals surface area contributed by atoms with Gasteiger partial charge in [0, 0.05) is 25.2 Å². The molecule has 0 radical (unpaired) electrons. The van der Waals surface area contributed by atoms with Gasteiger partial charge in [-0.15, -0.1) is 0 Å². The van der Waals surface area contributed by atoms with Crippen molar-refractivity contribution in [2.24, 2.45) is 11.8 Å². The molecule has 28 heavy (non-hydrogen) atoms. The van der Waals surface area contributed by atoms with Crippen LogP contribution in [0.25, 0.3) is 0 Å². The normalized spacial score (nSPS) is 18.2. The number of likely N-dealkylation sites (tertiary alicyclic amines) is 1. The number of halogens is 1. The van der Waals surface area contributed by atoms with Gasteiger partial charge < -0.3 is 19.7 Å². The summed E-state index contributed by atoms with van der Waals surface area (Å²) in [4.78, 5) is 13.9. The number of hydrogen-bond donors (Lipinski definition) is 1. The van der Waals surface area contributed by atoms with Gasteiger partial charge in [-0.3, -0.25) is 0 Å². The van der Waals surface area contributed by atoms with Crippen LogP contribution >= 0.6 is 0 Å². The Morgan fingerprint density at radius 2 is 1.89 bits per heavy atom. The summed E-state index contributed by atoms with van der Waals surface area (Å²) in [5.74, 6) is 1.71. The van der Waals surface area contributed by atoms with Gasteiger partial charge in [-0.25, -0.2) is 9.18 Å². The van der Waals surface area contributed by atoms with E-state index in [1.807, 2.05) is 20.8 Å². The van der Waals surface area contributed by atoms with Gasteiger partial charge in [0.25, 0.3) is 0 Å². The number of carbonyl (C=O) groups excluding carboxylic acids is 1. The van der Waals surface area contributed by atoms with E-state index >= 15 is 0 Å². The molecule has 1 amide bonds. The molecule has 0 atom stereocenters. The predicted octanol–water partition coefficient (Wildman–Crippen LogP) is 4.35. The zero-order valence-corrected chi connectivity index (χ0v) is 17.3. The number of hydrogen-bond acceptors (Lipinski definition) is 4. The summed E-state index contributed by atoms with van der Waals surface area (Å²) in [6.07, 6.45) is 4.13. The molecule has 1 aromatic carbocycles. The Hall–Kier alpha value is -1.82. The van der Waals surface area contributed by atoms with Gasteiger partial charge in [0.15, 0.2) is 0 Å². The maximum absolute atomic E-state index is 13.6. The molecule has 0 aromatic heterocycles. The predicted molar refractivity (Wildman–Crippen MR) is 107 cm³/mol. The van der Waals surface area contributed by atoms with Gasteiger partial charge >= 0.3 is 6.09 Å². The Bertz CT molecular complexity index is 662. The molecule has 156 valence electrons. The van der Waals surface area contributed by atoms with Crippen LogP contribution in [0, 0.1) is 17.7 Å². The van der Waals surface area contributed by atoms with E-state index in [-0.39, 0.29) is 11.9 Å². The molecular formula is C22H33FN2O3. The Kier molecular flexibility index (Phi) is 6.81. The molecule has 1 heterocycles. The second-order valence-electron chi connectivity index (χ2n) is 9.05. The van der Waals surface area contributed by atoms with Crippen LogP contribution in [0.5, 0.6) is 5.75 Å². The number of piperidine rings is 1. The van der Waals surface area contributed by atoms with E-state index in [4.69, 9.17) is 9.47 Å². The molecule has 2 fully saturated rings. The van der Waals surface area contributed by atoms with Gasteiger partial charge in [-0.05, 0) is 83.0 Å². The summed E-state index contributed by atoms with van der Waals surface area (Å²) >= 11 is 0. The van der Waals surface area contributed by atoms with E-state index in [9.17, 15) is 9.18 Å². The summed E-state index contributed by atoms with van der Waals surface area (Å²) in [5.41, 5.74) is 0.409. The Labute approximate surface area is 167 Å². The molecule has 0 unspecified atom stereocenters. The molecule has 2 aliphatic rings. The Balaban J connectivity index is 1.41. The molecule has 5 nitrogen and oxygen atoms in total. The van der Waals surface area contributed by atoms with Crippen LogP contribution in [0.2, 0.25) is 0 Å². The second-order valence-corrected chi connectivity index (χ2v) is 9.05. The van der Waals surface area contributed by atoms with E-state index < -0.39 is 5.60 Å². The van der Waals surface area contributed by atoms with Crippen molar-refractivity contribution in [3.05, 3.63) is 29.6 Å². The first-order chi connectivity index (χ1) is 13.3. The number of benzene rings is 1. The van der Waals surface area contributed by atoms with Gasteiger partial charge in [-0.2, -0.15) is 0 Å². The fraction of sp³-hybridized carbons (Fsp3) is 0.682. The first-order valence-corrected chi connectivity index (χ1v) is 10.4. The fourth-order valence-corrected chi connectivity index (χ4v) is 3.38. The molecule has 3 rings (SSSR count). The Morgan fingerprint density at radius 1 is 1.18 bits per heavy atom. The zero-order valence-electron chi connectivity index (χ0n) is 17.3. The quantitative estimate of drug-likeness (QED) is 0.749. The van der Waals surface area contributed by atoms with Crippen molar-refractivity contribution < 1.29 is 18.7 Å². The van der Waals surface area contributed by atoms with Gasteiger partial charge in [0.05, 0.1) is 6.61 Å². The third-order valence-electron chi connectivity index (χ3n) is 5.21. The number of amides is 1. The van der Waals surface area contributed by atoms with Gasteiger partial charge in [-0.1, -0.05) is 0 Å². The number of carbonyl (C=O) groups is 1. The molecular weight excluding hydrogens is 359 g/mol. The van der Waals surface area contributed by atoms with E-state index in [1.54, 1.807) is 17.0 Å². The second kappa shape index (κ2) is 9.12. The Morgan fingerprint density at radius 3 is 2.54 bits per heavy atom. The standard InChI is InChI=1S/C22H33FN2O3/c1-22(2,3)28-21(26)25-10-8-16(9-11-25)13-24-14-18-12-19(23)6-7-20(18)27-15-17-4-5-17/h6-7,12,16-17,24H,4-5,8-11,13-15H2,1-3H3. The minimum Gasteiger partial charge on any atom is -0.493 e. The van der Waals surface area contributed by atoms with Crippen LogP contribution in [0.1, 0.15) is 52.0 Å². The third kappa shape index (κ3) is 6.66. The molecule has 1 saturated carbocycles. The largest absolute Gasteiger partial charge is 0.493 e. The molecule has 0 spiro atoms. The van der Waals surface area contributed by atoms with Crippen LogP contribution in [-0.2, 0) is 11.3 Å². The van der Waals surface area contributed by atoms with Gasteiger partial charge in [0.2, 0.25) is 0 Å². The highest BCUT2D eigenvalue weighted by Crippen LogP contribution is 2.30.